The second-order valence-electron chi connectivity index (χ2n) is 5.51. The van der Waals surface area contributed by atoms with Crippen molar-refractivity contribution in [3.63, 3.8) is 0 Å². The van der Waals surface area contributed by atoms with Crippen molar-refractivity contribution in [1.29, 1.82) is 0 Å². The standard InChI is InChI=1S/C14H25N3O5/c1-8(2)5-11(9(3)19)17-14(22)12(7-18)16-13(21)6-15-10(4)20/h8,11-12,18H,5-7H2,1-4H3,(H,15,20)(H,16,21)(H,17,22)/t11-,12-/m0/s1. The van der Waals surface area contributed by atoms with E-state index in [1.807, 2.05) is 13.8 Å². The molecule has 22 heavy (non-hydrogen) atoms. The minimum absolute atomic E-state index is 0.191. The molecule has 126 valence electrons. The van der Waals surface area contributed by atoms with Crippen LogP contribution in [0.2, 0.25) is 0 Å². The average Bonchev–Trinajstić information content (AvgIpc) is 2.40. The van der Waals surface area contributed by atoms with Crippen molar-refractivity contribution >= 4 is 23.5 Å². The Morgan fingerprint density at radius 2 is 1.59 bits per heavy atom. The zero-order chi connectivity index (χ0) is 17.3. The highest BCUT2D eigenvalue weighted by Crippen LogP contribution is 2.06. The Kier molecular flexibility index (Phi) is 9.00. The first-order valence-corrected chi connectivity index (χ1v) is 7.12. The number of ketones is 1. The van der Waals surface area contributed by atoms with E-state index in [0.29, 0.717) is 6.42 Å². The molecule has 0 saturated heterocycles. The van der Waals surface area contributed by atoms with Crippen LogP contribution in [0.5, 0.6) is 0 Å². The van der Waals surface area contributed by atoms with E-state index in [1.165, 1.54) is 13.8 Å². The summed E-state index contributed by atoms with van der Waals surface area (Å²) in [5, 5.41) is 16.3. The van der Waals surface area contributed by atoms with Crippen molar-refractivity contribution in [2.45, 2.75) is 46.2 Å². The summed E-state index contributed by atoms with van der Waals surface area (Å²) in [6.07, 6.45) is 0.471. The number of carbonyl (C=O) groups is 4. The Bertz CT molecular complexity index is 423. The molecule has 0 spiro atoms. The Hall–Kier alpha value is -1.96. The van der Waals surface area contributed by atoms with Crippen LogP contribution in [0.25, 0.3) is 0 Å². The van der Waals surface area contributed by atoms with E-state index in [0.717, 1.165) is 0 Å². The quantitative estimate of drug-likeness (QED) is 0.422. The number of hydrogen-bond donors (Lipinski definition) is 4. The van der Waals surface area contributed by atoms with Crippen molar-refractivity contribution in [2.24, 2.45) is 5.92 Å². The van der Waals surface area contributed by atoms with Crippen LogP contribution in [0.3, 0.4) is 0 Å². The van der Waals surface area contributed by atoms with Crippen molar-refractivity contribution in [3.8, 4) is 0 Å². The third-order valence-electron chi connectivity index (χ3n) is 2.85. The molecule has 2 atom stereocenters. The molecule has 0 aromatic rings. The number of carbonyl (C=O) groups excluding carboxylic acids is 4. The van der Waals surface area contributed by atoms with Crippen LogP contribution < -0.4 is 16.0 Å². The zero-order valence-electron chi connectivity index (χ0n) is 13.4. The van der Waals surface area contributed by atoms with Gasteiger partial charge in [0.05, 0.1) is 19.2 Å². The molecule has 0 aliphatic rings. The van der Waals surface area contributed by atoms with E-state index in [4.69, 9.17) is 0 Å². The summed E-state index contributed by atoms with van der Waals surface area (Å²) in [5.41, 5.74) is 0. The molecule has 0 unspecified atom stereocenters. The van der Waals surface area contributed by atoms with Crippen LogP contribution >= 0.6 is 0 Å². The van der Waals surface area contributed by atoms with Gasteiger partial charge in [-0.15, -0.1) is 0 Å². The van der Waals surface area contributed by atoms with Crippen LogP contribution in [0.15, 0.2) is 0 Å². The predicted octanol–water partition coefficient (Wildman–Crippen LogP) is -1.28. The van der Waals surface area contributed by atoms with Gasteiger partial charge in [-0.05, 0) is 19.3 Å². The van der Waals surface area contributed by atoms with Gasteiger partial charge in [0, 0.05) is 6.92 Å². The third-order valence-corrected chi connectivity index (χ3v) is 2.85. The molecule has 4 N–H and O–H groups in total. The fraction of sp³-hybridized carbons (Fsp3) is 0.714. The van der Waals surface area contributed by atoms with Gasteiger partial charge in [0.15, 0.2) is 5.78 Å². The van der Waals surface area contributed by atoms with E-state index in [-0.39, 0.29) is 24.2 Å². The van der Waals surface area contributed by atoms with E-state index < -0.39 is 30.5 Å². The molecule has 0 aromatic heterocycles. The fourth-order valence-electron chi connectivity index (χ4n) is 1.71. The first kappa shape index (κ1) is 20.0. The molecule has 0 aliphatic heterocycles. The van der Waals surface area contributed by atoms with Gasteiger partial charge in [-0.25, -0.2) is 0 Å². The number of rotatable bonds is 9. The van der Waals surface area contributed by atoms with Gasteiger partial charge in [-0.1, -0.05) is 13.8 Å². The minimum Gasteiger partial charge on any atom is -0.394 e. The normalized spacial score (nSPS) is 13.2. The third kappa shape index (κ3) is 8.35. The second kappa shape index (κ2) is 9.88. The van der Waals surface area contributed by atoms with E-state index >= 15 is 0 Å². The molecule has 0 aliphatic carbocycles. The number of amides is 3. The maximum atomic E-state index is 12.0. The van der Waals surface area contributed by atoms with Crippen molar-refractivity contribution < 1.29 is 24.3 Å². The first-order chi connectivity index (χ1) is 10.2. The molecule has 0 heterocycles. The molecular formula is C14H25N3O5. The Morgan fingerprint density at radius 3 is 2.00 bits per heavy atom. The van der Waals surface area contributed by atoms with Crippen molar-refractivity contribution in [3.05, 3.63) is 0 Å². The summed E-state index contributed by atoms with van der Waals surface area (Å²) in [7, 11) is 0. The molecule has 0 aromatic carbocycles. The summed E-state index contributed by atoms with van der Waals surface area (Å²) in [5.74, 6) is -1.61. The molecule has 0 bridgehead atoms. The highest BCUT2D eigenvalue weighted by Gasteiger charge is 2.25. The van der Waals surface area contributed by atoms with Crippen LogP contribution in [-0.4, -0.2) is 53.8 Å². The molecular weight excluding hydrogens is 290 g/mol. The molecule has 8 heteroatoms. The van der Waals surface area contributed by atoms with Crippen LogP contribution in [-0.2, 0) is 19.2 Å². The summed E-state index contributed by atoms with van der Waals surface area (Å²) in [6.45, 7) is 5.57. The molecule has 3 amide bonds. The molecule has 0 saturated carbocycles. The largest absolute Gasteiger partial charge is 0.394 e. The number of aliphatic hydroxyl groups excluding tert-OH is 1. The Morgan fingerprint density at radius 1 is 1.00 bits per heavy atom. The van der Waals surface area contributed by atoms with Gasteiger partial charge in [0.1, 0.15) is 6.04 Å². The van der Waals surface area contributed by atoms with Crippen LogP contribution in [0.1, 0.15) is 34.1 Å². The van der Waals surface area contributed by atoms with Crippen LogP contribution in [0.4, 0.5) is 0 Å². The number of hydrogen-bond acceptors (Lipinski definition) is 5. The number of nitrogens with one attached hydrogen (secondary N) is 3. The van der Waals surface area contributed by atoms with Gasteiger partial charge in [0.25, 0.3) is 0 Å². The minimum atomic E-state index is -1.17. The summed E-state index contributed by atoms with van der Waals surface area (Å²) < 4.78 is 0. The summed E-state index contributed by atoms with van der Waals surface area (Å²) in [4.78, 5) is 45.8. The molecule has 8 nitrogen and oxygen atoms in total. The molecule has 0 fully saturated rings. The Labute approximate surface area is 130 Å². The number of Topliss-reactive ketones (excluding diaryl/α,β-unsaturated/α-hetero) is 1. The SMILES string of the molecule is CC(=O)NCC(=O)N[C@@H](CO)C(=O)N[C@@H](CC(C)C)C(C)=O. The number of aliphatic hydroxyl groups is 1. The monoisotopic (exact) mass is 315 g/mol. The van der Waals surface area contributed by atoms with Crippen molar-refractivity contribution in [2.75, 3.05) is 13.2 Å². The van der Waals surface area contributed by atoms with Crippen molar-refractivity contribution in [1.82, 2.24) is 16.0 Å². The summed E-state index contributed by atoms with van der Waals surface area (Å²) in [6, 6.07) is -1.83. The Balaban J connectivity index is 4.59. The lowest BCUT2D eigenvalue weighted by atomic mass is 10.0. The van der Waals surface area contributed by atoms with Gasteiger partial charge in [-0.2, -0.15) is 0 Å². The fourth-order valence-corrected chi connectivity index (χ4v) is 1.71. The summed E-state index contributed by atoms with van der Waals surface area (Å²) >= 11 is 0. The van der Waals surface area contributed by atoms with E-state index in [9.17, 15) is 24.3 Å². The average molecular weight is 315 g/mol. The van der Waals surface area contributed by atoms with Gasteiger partial charge >= 0.3 is 0 Å². The zero-order valence-corrected chi connectivity index (χ0v) is 13.4. The highest BCUT2D eigenvalue weighted by atomic mass is 16.3. The second-order valence-corrected chi connectivity index (χ2v) is 5.51. The molecule has 0 radical (unpaired) electrons. The predicted molar refractivity (Wildman–Crippen MR) is 79.8 cm³/mol. The lowest BCUT2D eigenvalue weighted by molar-refractivity contribution is -0.132. The van der Waals surface area contributed by atoms with E-state index in [1.54, 1.807) is 0 Å². The maximum Gasteiger partial charge on any atom is 0.245 e. The lowest BCUT2D eigenvalue weighted by Gasteiger charge is -2.22. The smallest absolute Gasteiger partial charge is 0.245 e. The van der Waals surface area contributed by atoms with Gasteiger partial charge in [-0.3, -0.25) is 19.2 Å². The highest BCUT2D eigenvalue weighted by molar-refractivity contribution is 5.93. The maximum absolute atomic E-state index is 12.0. The van der Waals surface area contributed by atoms with Crippen LogP contribution in [0, 0.1) is 5.92 Å². The van der Waals surface area contributed by atoms with Gasteiger partial charge in [0.2, 0.25) is 17.7 Å². The van der Waals surface area contributed by atoms with Gasteiger partial charge < -0.3 is 21.1 Å². The first-order valence-electron chi connectivity index (χ1n) is 7.12. The topological polar surface area (TPSA) is 125 Å². The lowest BCUT2D eigenvalue weighted by Crippen LogP contribution is -2.54. The van der Waals surface area contributed by atoms with E-state index in [2.05, 4.69) is 16.0 Å². The molecule has 0 rings (SSSR count).